The normalized spacial score (nSPS) is 17.0. The number of hydrogen-bond acceptors (Lipinski definition) is 5. The van der Waals surface area contributed by atoms with E-state index >= 15 is 0 Å². The maximum atomic E-state index is 13.4. The molecule has 0 atom stereocenters. The number of aromatic nitrogens is 4. The molecule has 0 radical (unpaired) electrons. The van der Waals surface area contributed by atoms with Crippen molar-refractivity contribution in [2.45, 2.75) is 32.4 Å². The number of pyridine rings is 2. The van der Waals surface area contributed by atoms with Gasteiger partial charge >= 0.3 is 6.03 Å². The van der Waals surface area contributed by atoms with Crippen LogP contribution < -0.4 is 4.90 Å². The Hall–Kier alpha value is -4.01. The molecule has 9 heteroatoms. The van der Waals surface area contributed by atoms with E-state index in [0.29, 0.717) is 19.6 Å². The van der Waals surface area contributed by atoms with Crippen molar-refractivity contribution in [1.29, 1.82) is 0 Å². The lowest BCUT2D eigenvalue weighted by Gasteiger charge is -2.43. The molecule has 0 bridgehead atoms. The average Bonchev–Trinajstić information content (AvgIpc) is 3.32. The van der Waals surface area contributed by atoms with E-state index in [0.717, 1.165) is 57.3 Å². The van der Waals surface area contributed by atoms with Crippen LogP contribution in [0.2, 0.25) is 0 Å². The summed E-state index contributed by atoms with van der Waals surface area (Å²) < 4.78 is 0. The van der Waals surface area contributed by atoms with Crippen LogP contribution in [0.5, 0.6) is 0 Å². The summed E-state index contributed by atoms with van der Waals surface area (Å²) in [6, 6.07) is 9.98. The number of H-pyrrole nitrogens is 1. The van der Waals surface area contributed by atoms with Gasteiger partial charge in [0.2, 0.25) is 5.91 Å². The molecule has 34 heavy (non-hydrogen) atoms. The topological polar surface area (TPSA) is 98.3 Å². The van der Waals surface area contributed by atoms with Gasteiger partial charge in [-0.15, -0.1) is 0 Å². The quantitative estimate of drug-likeness (QED) is 0.498. The molecule has 9 nitrogen and oxygen atoms in total. The number of fused-ring (bicyclic) bond motifs is 4. The van der Waals surface area contributed by atoms with E-state index in [1.165, 1.54) is 0 Å². The molecule has 0 spiro atoms. The number of nitrogens with zero attached hydrogens (tertiary/aromatic N) is 6. The van der Waals surface area contributed by atoms with E-state index < -0.39 is 0 Å². The minimum atomic E-state index is -0.0340. The highest BCUT2D eigenvalue weighted by Crippen LogP contribution is 2.38. The monoisotopic (exact) mass is 455 g/mol. The first kappa shape index (κ1) is 20.6. The van der Waals surface area contributed by atoms with E-state index in [1.54, 1.807) is 18.0 Å². The SMILES string of the molecule is CC(=O)N1CCC(N2C(=O)N(C)Cc3cnc4ccc(-c5ccc6[nH]ncc6c5)nc4c32)CC1. The Balaban J connectivity index is 1.47. The fourth-order valence-electron chi connectivity index (χ4n) is 5.12. The number of nitrogens with one attached hydrogen (secondary N) is 1. The summed E-state index contributed by atoms with van der Waals surface area (Å²) in [4.78, 5) is 40.4. The fraction of sp³-hybridized carbons (Fsp3) is 0.320. The van der Waals surface area contributed by atoms with E-state index in [2.05, 4.69) is 21.2 Å². The summed E-state index contributed by atoms with van der Waals surface area (Å²) >= 11 is 0. The van der Waals surface area contributed by atoms with Gasteiger partial charge in [-0.1, -0.05) is 6.07 Å². The van der Waals surface area contributed by atoms with Crippen molar-refractivity contribution in [3.05, 3.63) is 48.3 Å². The number of urea groups is 1. The van der Waals surface area contributed by atoms with Crippen molar-refractivity contribution in [3.8, 4) is 11.3 Å². The van der Waals surface area contributed by atoms with Crippen molar-refractivity contribution in [2.24, 2.45) is 0 Å². The highest BCUT2D eigenvalue weighted by Gasteiger charge is 2.37. The van der Waals surface area contributed by atoms with Gasteiger partial charge in [0.1, 0.15) is 5.52 Å². The van der Waals surface area contributed by atoms with Crippen LogP contribution in [0.15, 0.2) is 42.7 Å². The summed E-state index contributed by atoms with van der Waals surface area (Å²) in [5.74, 6) is 0.0801. The molecule has 1 saturated heterocycles. The third-order valence-corrected chi connectivity index (χ3v) is 6.95. The molecule has 5 heterocycles. The molecule has 0 aliphatic carbocycles. The largest absolute Gasteiger partial charge is 0.343 e. The third kappa shape index (κ3) is 3.27. The maximum Gasteiger partial charge on any atom is 0.324 e. The van der Waals surface area contributed by atoms with E-state index in [4.69, 9.17) is 4.98 Å². The number of amides is 3. The summed E-state index contributed by atoms with van der Waals surface area (Å²) in [6.07, 6.45) is 5.13. The summed E-state index contributed by atoms with van der Waals surface area (Å²) in [6.45, 7) is 3.39. The van der Waals surface area contributed by atoms with Gasteiger partial charge in [-0.3, -0.25) is 19.8 Å². The van der Waals surface area contributed by atoms with Gasteiger partial charge in [-0.05, 0) is 37.1 Å². The molecule has 1 N–H and O–H groups in total. The van der Waals surface area contributed by atoms with Crippen LogP contribution in [0.1, 0.15) is 25.3 Å². The number of carbonyl (C=O) groups excluding carboxylic acids is 2. The zero-order chi connectivity index (χ0) is 23.4. The number of hydrogen-bond donors (Lipinski definition) is 1. The molecule has 6 rings (SSSR count). The van der Waals surface area contributed by atoms with Gasteiger partial charge in [-0.25, -0.2) is 9.78 Å². The molecule has 4 aromatic rings. The Kier molecular flexibility index (Phi) is 4.72. The molecule has 2 aliphatic rings. The maximum absolute atomic E-state index is 13.4. The number of rotatable bonds is 2. The van der Waals surface area contributed by atoms with Crippen LogP contribution in [0.25, 0.3) is 33.2 Å². The molecular formula is C25H25N7O2. The summed E-state index contributed by atoms with van der Waals surface area (Å²) in [5.41, 5.74) is 6.10. The van der Waals surface area contributed by atoms with Crippen molar-refractivity contribution in [1.82, 2.24) is 30.0 Å². The average molecular weight is 456 g/mol. The van der Waals surface area contributed by atoms with Gasteiger partial charge in [-0.2, -0.15) is 5.10 Å². The molecule has 172 valence electrons. The molecule has 3 aromatic heterocycles. The molecule has 0 saturated carbocycles. The zero-order valence-electron chi connectivity index (χ0n) is 19.2. The minimum Gasteiger partial charge on any atom is -0.343 e. The Morgan fingerprint density at radius 1 is 1.12 bits per heavy atom. The first-order valence-electron chi connectivity index (χ1n) is 11.5. The molecule has 1 aromatic carbocycles. The van der Waals surface area contributed by atoms with Gasteiger partial charge in [0.15, 0.2) is 0 Å². The Morgan fingerprint density at radius 3 is 2.74 bits per heavy atom. The van der Waals surface area contributed by atoms with Crippen molar-refractivity contribution >= 4 is 39.6 Å². The predicted octanol–water partition coefficient (Wildman–Crippen LogP) is 3.56. The predicted molar refractivity (Wildman–Crippen MR) is 129 cm³/mol. The number of benzene rings is 1. The van der Waals surface area contributed by atoms with Crippen molar-refractivity contribution < 1.29 is 9.59 Å². The van der Waals surface area contributed by atoms with Crippen LogP contribution in [0.4, 0.5) is 10.5 Å². The second-order valence-corrected chi connectivity index (χ2v) is 9.11. The Morgan fingerprint density at radius 2 is 1.94 bits per heavy atom. The van der Waals surface area contributed by atoms with Crippen LogP contribution in [0, 0.1) is 0 Å². The first-order chi connectivity index (χ1) is 16.5. The minimum absolute atomic E-state index is 0.00272. The van der Waals surface area contributed by atoms with E-state index in [1.807, 2.05) is 47.3 Å². The standard InChI is InChI=1S/C25H25N7O2/c1-15(33)31-9-7-19(8-10-31)32-24-18(14-30(2)25(32)34)12-26-22-6-5-20(28-23(22)24)16-3-4-21-17(11-16)13-27-29-21/h3-6,11-13,19H,7-10,14H2,1-2H3,(H,27,29). The molecular weight excluding hydrogens is 430 g/mol. The highest BCUT2D eigenvalue weighted by molar-refractivity contribution is 6.04. The van der Waals surface area contributed by atoms with E-state index in [-0.39, 0.29) is 18.0 Å². The second kappa shape index (κ2) is 7.79. The summed E-state index contributed by atoms with van der Waals surface area (Å²) in [7, 11) is 1.82. The molecule has 2 aliphatic heterocycles. The summed E-state index contributed by atoms with van der Waals surface area (Å²) in [5, 5.41) is 8.10. The molecule has 3 amide bonds. The fourth-order valence-corrected chi connectivity index (χ4v) is 5.12. The van der Waals surface area contributed by atoms with Gasteiger partial charge in [0.25, 0.3) is 0 Å². The number of piperidine rings is 1. The number of likely N-dealkylation sites (tertiary alicyclic amines) is 1. The Labute approximate surface area is 196 Å². The smallest absolute Gasteiger partial charge is 0.324 e. The lowest BCUT2D eigenvalue weighted by atomic mass is 9.99. The van der Waals surface area contributed by atoms with Crippen LogP contribution in [0.3, 0.4) is 0 Å². The van der Waals surface area contributed by atoms with Crippen molar-refractivity contribution in [3.63, 3.8) is 0 Å². The highest BCUT2D eigenvalue weighted by atomic mass is 16.2. The van der Waals surface area contributed by atoms with Crippen LogP contribution >= 0.6 is 0 Å². The van der Waals surface area contributed by atoms with Crippen molar-refractivity contribution in [2.75, 3.05) is 25.0 Å². The molecule has 1 fully saturated rings. The van der Waals surface area contributed by atoms with Crippen LogP contribution in [-0.4, -0.2) is 68.1 Å². The number of carbonyl (C=O) groups is 2. The van der Waals surface area contributed by atoms with E-state index in [9.17, 15) is 9.59 Å². The third-order valence-electron chi connectivity index (χ3n) is 6.95. The first-order valence-corrected chi connectivity index (χ1v) is 11.5. The van der Waals surface area contributed by atoms with Crippen LogP contribution in [-0.2, 0) is 11.3 Å². The zero-order valence-corrected chi connectivity index (χ0v) is 19.2. The second-order valence-electron chi connectivity index (χ2n) is 9.11. The lowest BCUT2D eigenvalue weighted by Crippen LogP contribution is -2.54. The molecule has 0 unspecified atom stereocenters. The lowest BCUT2D eigenvalue weighted by molar-refractivity contribution is -0.129. The van der Waals surface area contributed by atoms with Gasteiger partial charge in [0.05, 0.1) is 35.2 Å². The number of anilines is 1. The number of aromatic amines is 1. The Bertz CT molecular complexity index is 1440. The van der Waals surface area contributed by atoms with Gasteiger partial charge in [0, 0.05) is 55.8 Å². The van der Waals surface area contributed by atoms with Gasteiger partial charge < -0.3 is 9.80 Å².